The van der Waals surface area contributed by atoms with Gasteiger partial charge in [-0.05, 0) is 54.4 Å². The quantitative estimate of drug-likeness (QED) is 0.489. The Balaban J connectivity index is 1.54. The van der Waals surface area contributed by atoms with Crippen molar-refractivity contribution < 1.29 is 4.39 Å². The molecule has 2 aliphatic heterocycles. The van der Waals surface area contributed by atoms with Gasteiger partial charge in [0.2, 0.25) is 5.79 Å². The fourth-order valence-corrected chi connectivity index (χ4v) is 4.24. The van der Waals surface area contributed by atoms with Crippen LogP contribution < -0.4 is 21.7 Å². The number of fused-ring (bicyclic) bond motifs is 1. The number of hydrogen-bond acceptors (Lipinski definition) is 6. The predicted octanol–water partition coefficient (Wildman–Crippen LogP) is 3.08. The molecular weight excluding hydrogens is 429 g/mol. The maximum atomic E-state index is 14.0. The molecule has 9 heteroatoms. The van der Waals surface area contributed by atoms with Crippen LogP contribution in [0.2, 0.25) is 5.02 Å². The summed E-state index contributed by atoms with van der Waals surface area (Å²) in [5, 5.41) is 14.6. The standard InChI is InChI=1S/C23H23ClFN7/c1-32-13-16(11-29-32)21-12-28-23(26,17-7-18(24)9-19(25)8-17)31-22(21)30-20-3-2-14-4-5-27-10-15(14)6-20/h2-3,6-9,11-13,27,30-31H,4-5,10,26H2,1H3. The lowest BCUT2D eigenvalue weighted by Crippen LogP contribution is -2.51. The molecule has 0 spiro atoms. The Morgan fingerprint density at radius 2 is 2.09 bits per heavy atom. The highest BCUT2D eigenvalue weighted by Crippen LogP contribution is 2.30. The minimum atomic E-state index is -1.39. The minimum absolute atomic E-state index is 0.251. The smallest absolute Gasteiger partial charge is 0.210 e. The number of benzene rings is 2. The molecule has 0 radical (unpaired) electrons. The maximum Gasteiger partial charge on any atom is 0.210 e. The normalized spacial score (nSPS) is 20.1. The Kier molecular flexibility index (Phi) is 5.21. The zero-order valence-corrected chi connectivity index (χ0v) is 18.2. The molecule has 7 nitrogen and oxygen atoms in total. The topological polar surface area (TPSA) is 92.3 Å². The molecule has 164 valence electrons. The number of nitrogens with one attached hydrogen (secondary N) is 3. The van der Waals surface area contributed by atoms with E-state index >= 15 is 0 Å². The summed E-state index contributed by atoms with van der Waals surface area (Å²) < 4.78 is 15.8. The summed E-state index contributed by atoms with van der Waals surface area (Å²) in [5.74, 6) is -1.23. The summed E-state index contributed by atoms with van der Waals surface area (Å²) in [6.07, 6.45) is 6.33. The van der Waals surface area contributed by atoms with Crippen molar-refractivity contribution in [1.29, 1.82) is 0 Å². The van der Waals surface area contributed by atoms with Crippen molar-refractivity contribution in [3.8, 4) is 0 Å². The number of aryl methyl sites for hydroxylation is 1. The van der Waals surface area contributed by atoms with Crippen LogP contribution in [-0.2, 0) is 25.8 Å². The molecule has 0 bridgehead atoms. The van der Waals surface area contributed by atoms with Gasteiger partial charge >= 0.3 is 0 Å². The Labute approximate surface area is 190 Å². The van der Waals surface area contributed by atoms with Crippen LogP contribution in [0.5, 0.6) is 0 Å². The number of rotatable bonds is 4. The van der Waals surface area contributed by atoms with Crippen LogP contribution in [-0.4, -0.2) is 22.5 Å². The van der Waals surface area contributed by atoms with Crippen LogP contribution in [0, 0.1) is 5.82 Å². The van der Waals surface area contributed by atoms with E-state index in [4.69, 9.17) is 17.3 Å². The summed E-state index contributed by atoms with van der Waals surface area (Å²) >= 11 is 6.07. The molecule has 0 aliphatic carbocycles. The third-order valence-corrected chi connectivity index (χ3v) is 5.88. The van der Waals surface area contributed by atoms with Crippen LogP contribution in [0.3, 0.4) is 0 Å². The second-order valence-corrected chi connectivity index (χ2v) is 8.47. The van der Waals surface area contributed by atoms with Gasteiger partial charge in [-0.25, -0.2) is 9.38 Å². The average Bonchev–Trinajstić information content (AvgIpc) is 3.19. The summed E-state index contributed by atoms with van der Waals surface area (Å²) in [6, 6.07) is 10.5. The van der Waals surface area contributed by atoms with Crippen molar-refractivity contribution in [2.45, 2.75) is 18.8 Å². The lowest BCUT2D eigenvalue weighted by atomic mass is 10.00. The Hall–Kier alpha value is -3.20. The molecule has 2 aromatic carbocycles. The third-order valence-electron chi connectivity index (χ3n) is 5.66. The maximum absolute atomic E-state index is 14.0. The van der Waals surface area contributed by atoms with Gasteiger partial charge in [-0.3, -0.25) is 10.4 Å². The van der Waals surface area contributed by atoms with Gasteiger partial charge in [-0.1, -0.05) is 17.7 Å². The number of aromatic nitrogens is 2. The number of aliphatic imine (C=N–C) groups is 1. The van der Waals surface area contributed by atoms with E-state index in [9.17, 15) is 4.39 Å². The fourth-order valence-electron chi connectivity index (χ4n) is 4.02. The second kappa shape index (κ2) is 8.05. The SMILES string of the molecule is Cn1cc(C2=C(Nc3ccc4c(c3)CNCC4)NC(N)(c3cc(F)cc(Cl)c3)N=C2)cn1. The third kappa shape index (κ3) is 4.00. The number of anilines is 1. The molecule has 32 heavy (non-hydrogen) atoms. The lowest BCUT2D eigenvalue weighted by molar-refractivity contribution is 0.398. The number of hydrogen-bond donors (Lipinski definition) is 4. The zero-order chi connectivity index (χ0) is 22.3. The molecule has 1 aromatic heterocycles. The molecule has 5 rings (SSSR count). The molecule has 1 unspecified atom stereocenters. The first kappa shape index (κ1) is 20.7. The average molecular weight is 452 g/mol. The second-order valence-electron chi connectivity index (χ2n) is 8.03. The number of nitrogens with two attached hydrogens (primary N) is 1. The molecule has 3 aromatic rings. The Morgan fingerprint density at radius 3 is 2.88 bits per heavy atom. The van der Waals surface area contributed by atoms with E-state index < -0.39 is 11.6 Å². The summed E-state index contributed by atoms with van der Waals surface area (Å²) in [4.78, 5) is 4.51. The van der Waals surface area contributed by atoms with E-state index in [1.165, 1.54) is 23.3 Å². The number of halogens is 2. The fraction of sp³-hybridized carbons (Fsp3) is 0.217. The molecule has 0 fully saturated rings. The minimum Gasteiger partial charge on any atom is -0.341 e. The number of nitrogens with zero attached hydrogens (tertiary/aromatic N) is 3. The number of allylic oxidation sites excluding steroid dienone is 1. The molecule has 0 amide bonds. The Bertz CT molecular complexity index is 1230. The van der Waals surface area contributed by atoms with Gasteiger partial charge in [0.1, 0.15) is 11.6 Å². The molecule has 0 saturated carbocycles. The van der Waals surface area contributed by atoms with Crippen molar-refractivity contribution in [2.75, 3.05) is 11.9 Å². The van der Waals surface area contributed by atoms with Gasteiger partial charge in [-0.2, -0.15) is 5.10 Å². The van der Waals surface area contributed by atoms with Crippen LogP contribution in [0.1, 0.15) is 22.3 Å². The van der Waals surface area contributed by atoms with Crippen LogP contribution in [0.25, 0.3) is 5.57 Å². The van der Waals surface area contributed by atoms with E-state index in [1.807, 2.05) is 19.3 Å². The van der Waals surface area contributed by atoms with E-state index in [2.05, 4.69) is 38.2 Å². The largest absolute Gasteiger partial charge is 0.341 e. The molecule has 0 saturated heterocycles. The van der Waals surface area contributed by atoms with Gasteiger partial charge < -0.3 is 16.0 Å². The highest BCUT2D eigenvalue weighted by molar-refractivity contribution is 6.30. The Morgan fingerprint density at radius 1 is 1.22 bits per heavy atom. The van der Waals surface area contributed by atoms with E-state index in [1.54, 1.807) is 23.2 Å². The first-order chi connectivity index (χ1) is 15.4. The van der Waals surface area contributed by atoms with Crippen LogP contribution >= 0.6 is 11.6 Å². The molecule has 5 N–H and O–H groups in total. The van der Waals surface area contributed by atoms with Crippen molar-refractivity contribution in [3.05, 3.63) is 87.7 Å². The lowest BCUT2D eigenvalue weighted by Gasteiger charge is -2.34. The van der Waals surface area contributed by atoms with Gasteiger partial charge in [0.25, 0.3) is 0 Å². The van der Waals surface area contributed by atoms with Crippen molar-refractivity contribution in [3.63, 3.8) is 0 Å². The molecule has 1 atom stereocenters. The highest BCUT2D eigenvalue weighted by atomic mass is 35.5. The van der Waals surface area contributed by atoms with E-state index in [0.29, 0.717) is 11.4 Å². The molecule has 2 aliphatic rings. The molecule has 3 heterocycles. The van der Waals surface area contributed by atoms with Gasteiger partial charge in [-0.15, -0.1) is 0 Å². The summed E-state index contributed by atoms with van der Waals surface area (Å²) in [5.41, 5.74) is 12.2. The molecular formula is C23H23ClFN7. The first-order valence-electron chi connectivity index (χ1n) is 10.3. The zero-order valence-electron chi connectivity index (χ0n) is 17.5. The summed E-state index contributed by atoms with van der Waals surface area (Å²) in [6.45, 7) is 1.82. The van der Waals surface area contributed by atoms with Gasteiger partial charge in [0.05, 0.1) is 6.20 Å². The van der Waals surface area contributed by atoms with Crippen LogP contribution in [0.15, 0.2) is 59.6 Å². The highest BCUT2D eigenvalue weighted by Gasteiger charge is 2.32. The van der Waals surface area contributed by atoms with Crippen LogP contribution in [0.4, 0.5) is 10.1 Å². The van der Waals surface area contributed by atoms with Crippen molar-refractivity contribution >= 4 is 29.1 Å². The van der Waals surface area contributed by atoms with Crippen molar-refractivity contribution in [1.82, 2.24) is 20.4 Å². The van der Waals surface area contributed by atoms with Gasteiger partial charge in [0, 0.05) is 53.4 Å². The first-order valence-corrected chi connectivity index (χ1v) is 10.7. The predicted molar refractivity (Wildman–Crippen MR) is 125 cm³/mol. The monoisotopic (exact) mass is 451 g/mol. The van der Waals surface area contributed by atoms with E-state index in [-0.39, 0.29) is 5.02 Å². The van der Waals surface area contributed by atoms with E-state index in [0.717, 1.165) is 36.3 Å². The summed E-state index contributed by atoms with van der Waals surface area (Å²) in [7, 11) is 1.85. The van der Waals surface area contributed by atoms with Crippen molar-refractivity contribution in [2.24, 2.45) is 17.8 Å². The van der Waals surface area contributed by atoms with Gasteiger partial charge in [0.15, 0.2) is 0 Å².